The Morgan fingerprint density at radius 3 is 2.84 bits per heavy atom. The van der Waals surface area contributed by atoms with Gasteiger partial charge >= 0.3 is 0 Å². The lowest BCUT2D eigenvalue weighted by atomic mass is 10.1. The third-order valence-electron chi connectivity index (χ3n) is 4.87. The molecule has 5 nitrogen and oxygen atoms in total. The molecule has 0 saturated carbocycles. The van der Waals surface area contributed by atoms with Gasteiger partial charge in [-0.15, -0.1) is 0 Å². The molecule has 5 heteroatoms. The normalized spacial score (nSPS) is 20.6. The van der Waals surface area contributed by atoms with Gasteiger partial charge in [-0.2, -0.15) is 0 Å². The van der Waals surface area contributed by atoms with Crippen LogP contribution in [0, 0.1) is 13.8 Å². The average Bonchev–Trinajstić information content (AvgIpc) is 3.05. The van der Waals surface area contributed by atoms with Gasteiger partial charge in [-0.05, 0) is 51.5 Å². The number of carbonyl (C=O) groups excluding carboxylic acids is 1. The quantitative estimate of drug-likeness (QED) is 0.926. The zero-order valence-electron chi connectivity index (χ0n) is 15.3. The molecule has 1 fully saturated rings. The van der Waals surface area contributed by atoms with E-state index in [0.29, 0.717) is 24.7 Å². The maximum Gasteiger partial charge on any atom is 0.289 e. The fourth-order valence-corrected chi connectivity index (χ4v) is 3.17. The van der Waals surface area contributed by atoms with Crippen molar-refractivity contribution in [2.24, 2.45) is 0 Å². The van der Waals surface area contributed by atoms with Crippen LogP contribution in [0.1, 0.15) is 41.3 Å². The van der Waals surface area contributed by atoms with Crippen LogP contribution in [0.5, 0.6) is 5.75 Å². The Hall–Kier alpha value is -2.27. The minimum Gasteiger partial charge on any atom is -0.485 e. The van der Waals surface area contributed by atoms with Crippen LogP contribution >= 0.6 is 0 Å². The lowest BCUT2D eigenvalue weighted by Gasteiger charge is -2.38. The Bertz CT molecular complexity index is 753. The van der Waals surface area contributed by atoms with Gasteiger partial charge in [-0.1, -0.05) is 17.7 Å². The van der Waals surface area contributed by atoms with E-state index in [0.717, 1.165) is 17.9 Å². The van der Waals surface area contributed by atoms with Crippen LogP contribution in [0.2, 0.25) is 0 Å². The van der Waals surface area contributed by atoms with E-state index < -0.39 is 0 Å². The molecule has 25 heavy (non-hydrogen) atoms. The van der Waals surface area contributed by atoms with E-state index >= 15 is 0 Å². The molecule has 0 bridgehead atoms. The van der Waals surface area contributed by atoms with Gasteiger partial charge in [0.25, 0.3) is 5.91 Å². The molecule has 1 amide bonds. The van der Waals surface area contributed by atoms with Crippen LogP contribution in [-0.2, 0) is 6.61 Å². The molecular weight excluding hydrogens is 316 g/mol. The summed E-state index contributed by atoms with van der Waals surface area (Å²) in [7, 11) is 0. The Morgan fingerprint density at radius 1 is 1.28 bits per heavy atom. The van der Waals surface area contributed by atoms with Crippen molar-refractivity contribution in [1.82, 2.24) is 10.2 Å². The highest BCUT2D eigenvalue weighted by Gasteiger charge is 2.30. The summed E-state index contributed by atoms with van der Waals surface area (Å²) in [6, 6.07) is 10.0. The summed E-state index contributed by atoms with van der Waals surface area (Å²) in [4.78, 5) is 14.6. The average molecular weight is 342 g/mol. The lowest BCUT2D eigenvalue weighted by molar-refractivity contribution is 0.0567. The van der Waals surface area contributed by atoms with E-state index in [-0.39, 0.29) is 18.0 Å². The maximum absolute atomic E-state index is 12.7. The minimum atomic E-state index is -0.0568. The number of piperazine rings is 1. The van der Waals surface area contributed by atoms with E-state index in [9.17, 15) is 4.79 Å². The van der Waals surface area contributed by atoms with Crippen molar-refractivity contribution < 1.29 is 13.9 Å². The van der Waals surface area contributed by atoms with Crippen LogP contribution in [0.15, 0.2) is 34.7 Å². The summed E-state index contributed by atoms with van der Waals surface area (Å²) >= 11 is 0. The fraction of sp³-hybridized carbons (Fsp3) is 0.450. The molecular formula is C20H26N2O3. The first-order chi connectivity index (χ1) is 12.0. The van der Waals surface area contributed by atoms with Gasteiger partial charge < -0.3 is 19.4 Å². The van der Waals surface area contributed by atoms with Crippen LogP contribution in [0.4, 0.5) is 0 Å². The van der Waals surface area contributed by atoms with Crippen molar-refractivity contribution in [2.75, 3.05) is 13.1 Å². The summed E-state index contributed by atoms with van der Waals surface area (Å²) in [5.41, 5.74) is 2.29. The monoisotopic (exact) mass is 342 g/mol. The predicted octanol–water partition coefficient (Wildman–Crippen LogP) is 3.30. The molecule has 0 radical (unpaired) electrons. The van der Waals surface area contributed by atoms with E-state index in [4.69, 9.17) is 9.15 Å². The molecule has 1 N–H and O–H groups in total. The zero-order valence-corrected chi connectivity index (χ0v) is 15.3. The highest BCUT2D eigenvalue weighted by molar-refractivity contribution is 5.91. The Balaban J connectivity index is 1.64. The van der Waals surface area contributed by atoms with Crippen LogP contribution in [0.3, 0.4) is 0 Å². The van der Waals surface area contributed by atoms with Crippen molar-refractivity contribution in [3.05, 3.63) is 53.0 Å². The second-order valence-electron chi connectivity index (χ2n) is 6.81. The zero-order chi connectivity index (χ0) is 18.0. The standard InChI is InChI=1S/C20H26N2O3/c1-13-5-7-18(14(2)11-13)24-12-17-6-8-19(25-17)20(23)22-10-9-21-15(3)16(22)4/h5-8,11,15-16,21H,9-10,12H2,1-4H3. The number of aryl methyl sites for hydroxylation is 2. The molecule has 0 spiro atoms. The van der Waals surface area contributed by atoms with E-state index in [1.54, 1.807) is 6.07 Å². The number of furan rings is 1. The second-order valence-corrected chi connectivity index (χ2v) is 6.81. The largest absolute Gasteiger partial charge is 0.485 e. The van der Waals surface area contributed by atoms with Crippen molar-refractivity contribution in [1.29, 1.82) is 0 Å². The summed E-state index contributed by atoms with van der Waals surface area (Å²) in [6.45, 7) is 10.0. The van der Waals surface area contributed by atoms with Gasteiger partial charge in [-0.3, -0.25) is 4.79 Å². The molecule has 1 aromatic carbocycles. The topological polar surface area (TPSA) is 54.7 Å². The van der Waals surface area contributed by atoms with E-state index in [1.165, 1.54) is 5.56 Å². The molecule has 1 aliphatic rings. The highest BCUT2D eigenvalue weighted by atomic mass is 16.5. The molecule has 134 valence electrons. The number of nitrogens with one attached hydrogen (secondary N) is 1. The molecule has 1 aliphatic heterocycles. The number of nitrogens with zero attached hydrogens (tertiary/aromatic N) is 1. The van der Waals surface area contributed by atoms with Crippen molar-refractivity contribution in [3.8, 4) is 5.75 Å². The molecule has 1 aromatic heterocycles. The third-order valence-corrected chi connectivity index (χ3v) is 4.87. The highest BCUT2D eigenvalue weighted by Crippen LogP contribution is 2.21. The molecule has 1 saturated heterocycles. The number of hydrogen-bond acceptors (Lipinski definition) is 4. The van der Waals surface area contributed by atoms with Crippen LogP contribution in [-0.4, -0.2) is 36.0 Å². The Kier molecular flexibility index (Phi) is 5.13. The van der Waals surface area contributed by atoms with Crippen molar-refractivity contribution in [2.45, 2.75) is 46.4 Å². The Labute approximate surface area is 149 Å². The number of hydrogen-bond donors (Lipinski definition) is 1. The fourth-order valence-electron chi connectivity index (χ4n) is 3.17. The summed E-state index contributed by atoms with van der Waals surface area (Å²) < 4.78 is 11.6. The lowest BCUT2D eigenvalue weighted by Crippen LogP contribution is -2.57. The SMILES string of the molecule is Cc1ccc(OCc2ccc(C(=O)N3CCNC(C)C3C)o2)c(C)c1. The van der Waals surface area contributed by atoms with E-state index in [1.807, 2.05) is 30.0 Å². The summed E-state index contributed by atoms with van der Waals surface area (Å²) in [6.07, 6.45) is 0. The molecule has 2 unspecified atom stereocenters. The van der Waals surface area contributed by atoms with E-state index in [2.05, 4.69) is 32.2 Å². The third kappa shape index (κ3) is 3.87. The Morgan fingerprint density at radius 2 is 2.08 bits per heavy atom. The van der Waals surface area contributed by atoms with Crippen molar-refractivity contribution in [3.63, 3.8) is 0 Å². The van der Waals surface area contributed by atoms with Crippen molar-refractivity contribution >= 4 is 5.91 Å². The first-order valence-electron chi connectivity index (χ1n) is 8.79. The summed E-state index contributed by atoms with van der Waals surface area (Å²) in [5, 5.41) is 3.38. The predicted molar refractivity (Wildman–Crippen MR) is 96.9 cm³/mol. The van der Waals surface area contributed by atoms with Gasteiger partial charge in [-0.25, -0.2) is 0 Å². The van der Waals surface area contributed by atoms with Crippen LogP contribution < -0.4 is 10.1 Å². The molecule has 2 atom stereocenters. The molecule has 0 aliphatic carbocycles. The smallest absolute Gasteiger partial charge is 0.289 e. The first kappa shape index (κ1) is 17.5. The second kappa shape index (κ2) is 7.31. The van der Waals surface area contributed by atoms with Gasteiger partial charge in [0.2, 0.25) is 0 Å². The van der Waals surface area contributed by atoms with Gasteiger partial charge in [0.05, 0.1) is 0 Å². The minimum absolute atomic E-state index is 0.0568. The molecule has 3 rings (SSSR count). The first-order valence-corrected chi connectivity index (χ1v) is 8.79. The number of amides is 1. The number of rotatable bonds is 4. The number of benzene rings is 1. The maximum atomic E-state index is 12.7. The van der Waals surface area contributed by atoms with Gasteiger partial charge in [0.1, 0.15) is 18.1 Å². The van der Waals surface area contributed by atoms with Gasteiger partial charge in [0.15, 0.2) is 5.76 Å². The molecule has 2 heterocycles. The summed E-state index contributed by atoms with van der Waals surface area (Å²) in [5.74, 6) is 1.80. The number of ether oxygens (including phenoxy) is 1. The van der Waals surface area contributed by atoms with Gasteiger partial charge in [0, 0.05) is 25.2 Å². The molecule has 2 aromatic rings. The van der Waals surface area contributed by atoms with Crippen LogP contribution in [0.25, 0.3) is 0 Å². The number of carbonyl (C=O) groups is 1.